The van der Waals surface area contributed by atoms with Crippen LogP contribution in [0.2, 0.25) is 0 Å². The fourth-order valence-electron chi connectivity index (χ4n) is 1.23. The van der Waals surface area contributed by atoms with Gasteiger partial charge < -0.3 is 11.5 Å². The first kappa shape index (κ1) is 15.1. The van der Waals surface area contributed by atoms with Crippen molar-refractivity contribution in [3.05, 3.63) is 29.6 Å². The zero-order valence-corrected chi connectivity index (χ0v) is 11.0. The Balaban J connectivity index is 2.95. The monoisotopic (exact) mass is 277 g/mol. The average Bonchev–Trinajstić information content (AvgIpc) is 2.42. The van der Waals surface area contributed by atoms with Crippen LogP contribution >= 0.6 is 0 Å². The van der Waals surface area contributed by atoms with E-state index in [0.717, 1.165) is 0 Å². The Morgan fingerprint density at radius 3 is 1.75 bits per heavy atom. The van der Waals surface area contributed by atoms with Gasteiger partial charge in [-0.2, -0.15) is 10.2 Å². The van der Waals surface area contributed by atoms with Gasteiger partial charge in [-0.15, -0.1) is 0 Å². The van der Waals surface area contributed by atoms with Gasteiger partial charge in [0.2, 0.25) is 0 Å². The summed E-state index contributed by atoms with van der Waals surface area (Å²) in [6.45, 7) is 3.33. The van der Waals surface area contributed by atoms with Crippen molar-refractivity contribution in [3.8, 4) is 0 Å². The molecule has 1 heterocycles. The van der Waals surface area contributed by atoms with Gasteiger partial charge in [-0.3, -0.25) is 0 Å². The minimum Gasteiger partial charge on any atom is -0.350 e. The molecule has 1 aromatic heterocycles. The molecule has 0 unspecified atom stereocenters. The molecule has 6 N–H and O–H groups in total. The quantitative estimate of drug-likeness (QED) is 0.448. The summed E-state index contributed by atoms with van der Waals surface area (Å²) < 4.78 is 0. The molecule has 1 rings (SSSR count). The highest BCUT2D eigenvalue weighted by Crippen LogP contribution is 2.02. The molecule has 0 bridgehead atoms. The van der Waals surface area contributed by atoms with Gasteiger partial charge in [0.25, 0.3) is 0 Å². The molecule has 106 valence electrons. The van der Waals surface area contributed by atoms with Gasteiger partial charge in [0.15, 0.2) is 0 Å². The number of urea groups is 2. The number of hydrogen-bond acceptors (Lipinski definition) is 5. The van der Waals surface area contributed by atoms with E-state index >= 15 is 0 Å². The van der Waals surface area contributed by atoms with Crippen LogP contribution in [-0.2, 0) is 0 Å². The number of carbonyl (C=O) groups excluding carboxylic acids is 2. The molecule has 4 amide bonds. The molecular formula is C11H15N7O2. The molecule has 0 spiro atoms. The summed E-state index contributed by atoms with van der Waals surface area (Å²) in [7, 11) is 0. The molecule has 0 saturated carbocycles. The molecule has 0 fully saturated rings. The van der Waals surface area contributed by atoms with Gasteiger partial charge in [-0.25, -0.2) is 25.4 Å². The summed E-state index contributed by atoms with van der Waals surface area (Å²) in [6.07, 6.45) is 0. The van der Waals surface area contributed by atoms with Crippen molar-refractivity contribution < 1.29 is 9.59 Å². The van der Waals surface area contributed by atoms with Crippen molar-refractivity contribution in [2.45, 2.75) is 13.8 Å². The smallest absolute Gasteiger partial charge is 0.332 e. The lowest BCUT2D eigenvalue weighted by Crippen LogP contribution is -2.26. The van der Waals surface area contributed by atoms with E-state index in [9.17, 15) is 9.59 Å². The lowest BCUT2D eigenvalue weighted by Gasteiger charge is -2.04. The largest absolute Gasteiger partial charge is 0.350 e. The summed E-state index contributed by atoms with van der Waals surface area (Å²) in [5.41, 5.74) is 16.1. The van der Waals surface area contributed by atoms with Crippen molar-refractivity contribution in [2.75, 3.05) is 0 Å². The number of pyridine rings is 1. The Morgan fingerprint density at radius 1 is 1.00 bits per heavy atom. The molecule has 0 aliphatic heterocycles. The number of hydrogen-bond donors (Lipinski definition) is 4. The Hall–Kier alpha value is -2.97. The fourth-order valence-corrected chi connectivity index (χ4v) is 1.23. The highest BCUT2D eigenvalue weighted by atomic mass is 16.2. The zero-order chi connectivity index (χ0) is 15.1. The highest BCUT2D eigenvalue weighted by molar-refractivity contribution is 6.01. The maximum atomic E-state index is 10.6. The van der Waals surface area contributed by atoms with Crippen LogP contribution in [0.15, 0.2) is 28.4 Å². The third-order valence-corrected chi connectivity index (χ3v) is 2.16. The fraction of sp³-hybridized carbons (Fsp3) is 0.182. The van der Waals surface area contributed by atoms with Crippen molar-refractivity contribution in [1.29, 1.82) is 0 Å². The van der Waals surface area contributed by atoms with Crippen LogP contribution in [0.25, 0.3) is 0 Å². The zero-order valence-electron chi connectivity index (χ0n) is 11.0. The Labute approximate surface area is 115 Å². The van der Waals surface area contributed by atoms with Gasteiger partial charge in [-0.05, 0) is 26.0 Å². The summed E-state index contributed by atoms with van der Waals surface area (Å²) in [4.78, 5) is 25.4. The maximum absolute atomic E-state index is 10.6. The van der Waals surface area contributed by atoms with E-state index in [1.165, 1.54) is 0 Å². The topological polar surface area (TPSA) is 148 Å². The number of aromatic nitrogens is 1. The lowest BCUT2D eigenvalue weighted by atomic mass is 10.2. The highest BCUT2D eigenvalue weighted by Gasteiger charge is 2.04. The predicted molar refractivity (Wildman–Crippen MR) is 74.1 cm³/mol. The van der Waals surface area contributed by atoms with E-state index in [1.807, 2.05) is 0 Å². The SMILES string of the molecule is C/C(=N/NC(N)=O)c1cccc(/C(C)=N/NC(N)=O)n1. The normalized spacial score (nSPS) is 11.9. The van der Waals surface area contributed by atoms with Crippen LogP contribution in [-0.4, -0.2) is 28.5 Å². The summed E-state index contributed by atoms with van der Waals surface area (Å²) in [6, 6.07) is 3.64. The van der Waals surface area contributed by atoms with Crippen molar-refractivity contribution >= 4 is 23.5 Å². The molecule has 0 radical (unpaired) electrons. The van der Waals surface area contributed by atoms with Gasteiger partial charge >= 0.3 is 12.1 Å². The molecule has 9 heteroatoms. The van der Waals surface area contributed by atoms with Crippen LogP contribution in [0.1, 0.15) is 25.2 Å². The van der Waals surface area contributed by atoms with E-state index in [0.29, 0.717) is 22.8 Å². The van der Waals surface area contributed by atoms with Gasteiger partial charge in [-0.1, -0.05) is 6.07 Å². The number of amides is 4. The number of rotatable bonds is 4. The van der Waals surface area contributed by atoms with E-state index < -0.39 is 12.1 Å². The Bertz CT molecular complexity index is 533. The maximum Gasteiger partial charge on any atom is 0.332 e. The van der Waals surface area contributed by atoms with Crippen molar-refractivity contribution in [3.63, 3.8) is 0 Å². The van der Waals surface area contributed by atoms with E-state index in [4.69, 9.17) is 11.5 Å². The first-order valence-electron chi connectivity index (χ1n) is 5.57. The summed E-state index contributed by atoms with van der Waals surface area (Å²) in [5, 5.41) is 7.54. The van der Waals surface area contributed by atoms with Crippen molar-refractivity contribution in [1.82, 2.24) is 15.8 Å². The van der Waals surface area contributed by atoms with Crippen LogP contribution in [0, 0.1) is 0 Å². The molecule has 0 saturated heterocycles. The van der Waals surface area contributed by atoms with Crippen LogP contribution in [0.4, 0.5) is 9.59 Å². The Kier molecular flexibility index (Phi) is 5.15. The molecule has 0 aromatic carbocycles. The lowest BCUT2D eigenvalue weighted by molar-refractivity contribution is 0.248. The van der Waals surface area contributed by atoms with E-state index in [2.05, 4.69) is 26.0 Å². The minimum absolute atomic E-state index is 0.473. The second-order valence-corrected chi connectivity index (χ2v) is 3.75. The number of carbonyl (C=O) groups is 2. The molecule has 0 aliphatic rings. The number of nitrogens with one attached hydrogen (secondary N) is 2. The van der Waals surface area contributed by atoms with Gasteiger partial charge in [0, 0.05) is 0 Å². The van der Waals surface area contributed by atoms with Crippen LogP contribution < -0.4 is 22.3 Å². The van der Waals surface area contributed by atoms with Gasteiger partial charge in [0.1, 0.15) is 0 Å². The third-order valence-electron chi connectivity index (χ3n) is 2.16. The molecular weight excluding hydrogens is 262 g/mol. The average molecular weight is 277 g/mol. The minimum atomic E-state index is -0.760. The molecule has 20 heavy (non-hydrogen) atoms. The van der Waals surface area contributed by atoms with E-state index in [1.54, 1.807) is 32.0 Å². The third kappa shape index (κ3) is 4.72. The van der Waals surface area contributed by atoms with Crippen molar-refractivity contribution in [2.24, 2.45) is 21.7 Å². The van der Waals surface area contributed by atoms with E-state index in [-0.39, 0.29) is 0 Å². The second kappa shape index (κ2) is 6.83. The first-order valence-corrected chi connectivity index (χ1v) is 5.57. The molecule has 0 atom stereocenters. The molecule has 9 nitrogen and oxygen atoms in total. The van der Waals surface area contributed by atoms with Gasteiger partial charge in [0.05, 0.1) is 22.8 Å². The molecule has 1 aromatic rings. The Morgan fingerprint density at radius 2 is 1.40 bits per heavy atom. The second-order valence-electron chi connectivity index (χ2n) is 3.75. The standard InChI is InChI=1S/C11H15N7O2/c1-6(15-17-10(12)19)8-4-3-5-9(14-8)7(2)16-18-11(13)20/h3-5H,1-2H3,(H3,12,17,19)(H3,13,18,20)/b15-6-,16-7+. The predicted octanol–water partition coefficient (Wildman–Crippen LogP) is -0.134. The number of hydrazone groups is 2. The number of nitrogens with two attached hydrogens (primary N) is 2. The molecule has 0 aliphatic carbocycles. The number of primary amides is 2. The van der Waals surface area contributed by atoms with Crippen LogP contribution in [0.5, 0.6) is 0 Å². The number of nitrogens with zero attached hydrogens (tertiary/aromatic N) is 3. The summed E-state index contributed by atoms with van der Waals surface area (Å²) >= 11 is 0. The first-order chi connectivity index (χ1) is 9.40. The van der Waals surface area contributed by atoms with Crippen LogP contribution in [0.3, 0.4) is 0 Å². The summed E-state index contributed by atoms with van der Waals surface area (Å²) in [5.74, 6) is 0.